The molecule has 0 unspecified atom stereocenters. The number of fused-ring (bicyclic) bond motifs is 1. The third-order valence-corrected chi connectivity index (χ3v) is 6.34. The molecule has 1 aliphatic heterocycles. The van der Waals surface area contributed by atoms with Crippen molar-refractivity contribution >= 4 is 23.5 Å². The van der Waals surface area contributed by atoms with Crippen LogP contribution in [0.2, 0.25) is 0 Å². The minimum absolute atomic E-state index is 0.499. The van der Waals surface area contributed by atoms with Gasteiger partial charge >= 0.3 is 0 Å². The van der Waals surface area contributed by atoms with Gasteiger partial charge in [0.25, 0.3) is 0 Å². The van der Waals surface area contributed by atoms with Gasteiger partial charge in [-0.05, 0) is 38.4 Å². The highest BCUT2D eigenvalue weighted by Gasteiger charge is 2.36. The molecule has 0 aromatic carbocycles. The quantitative estimate of drug-likeness (QED) is 0.586. The second kappa shape index (κ2) is 3.45. The van der Waals surface area contributed by atoms with Crippen molar-refractivity contribution in [1.29, 1.82) is 0 Å². The Morgan fingerprint density at radius 2 is 1.92 bits per heavy atom. The fraction of sp³-hybridized carbons (Fsp3) is 1.00. The summed E-state index contributed by atoms with van der Waals surface area (Å²) < 4.78 is 0.499. The molecule has 2 fully saturated rings. The fourth-order valence-electron chi connectivity index (χ4n) is 2.23. The molecule has 0 aromatic rings. The summed E-state index contributed by atoms with van der Waals surface area (Å²) in [4.78, 5) is 0. The number of thioether (sulfide) groups is 2. The minimum atomic E-state index is 0.499. The van der Waals surface area contributed by atoms with E-state index in [0.29, 0.717) is 4.08 Å². The third kappa shape index (κ3) is 1.95. The van der Waals surface area contributed by atoms with Crippen LogP contribution in [0.3, 0.4) is 0 Å². The predicted octanol–water partition coefficient (Wildman–Crippen LogP) is 3.76. The van der Waals surface area contributed by atoms with Gasteiger partial charge in [-0.3, -0.25) is 0 Å². The SMILES string of the molecule is CC1(C)SC[C@H]2CCCC[C@@H]2S1. The summed E-state index contributed by atoms with van der Waals surface area (Å²) in [5, 5.41) is 0.995. The Labute approximate surface area is 84.3 Å². The highest BCUT2D eigenvalue weighted by molar-refractivity contribution is 8.19. The van der Waals surface area contributed by atoms with Crippen molar-refractivity contribution in [3.8, 4) is 0 Å². The van der Waals surface area contributed by atoms with Gasteiger partial charge in [-0.15, -0.1) is 23.5 Å². The first-order chi connectivity index (χ1) is 5.67. The maximum absolute atomic E-state index is 2.38. The predicted molar refractivity (Wildman–Crippen MR) is 59.9 cm³/mol. The first kappa shape index (κ1) is 9.26. The molecule has 1 saturated carbocycles. The fourth-order valence-corrected chi connectivity index (χ4v) is 5.65. The van der Waals surface area contributed by atoms with Crippen molar-refractivity contribution in [2.45, 2.75) is 48.9 Å². The summed E-state index contributed by atoms with van der Waals surface area (Å²) in [6.45, 7) is 4.76. The van der Waals surface area contributed by atoms with Gasteiger partial charge in [-0.25, -0.2) is 0 Å². The summed E-state index contributed by atoms with van der Waals surface area (Å²) in [5.41, 5.74) is 0. The van der Waals surface area contributed by atoms with E-state index in [0.717, 1.165) is 11.2 Å². The first-order valence-corrected chi connectivity index (χ1v) is 6.86. The molecule has 0 amide bonds. The molecule has 1 aliphatic carbocycles. The lowest BCUT2D eigenvalue weighted by atomic mass is 9.90. The van der Waals surface area contributed by atoms with Gasteiger partial charge in [0.05, 0.1) is 4.08 Å². The summed E-state index contributed by atoms with van der Waals surface area (Å²) in [6.07, 6.45) is 5.96. The smallest absolute Gasteiger partial charge is 0.0558 e. The van der Waals surface area contributed by atoms with Crippen LogP contribution >= 0.6 is 23.5 Å². The Morgan fingerprint density at radius 3 is 2.75 bits per heavy atom. The van der Waals surface area contributed by atoms with E-state index in [1.165, 1.54) is 31.4 Å². The zero-order valence-electron chi connectivity index (χ0n) is 8.01. The van der Waals surface area contributed by atoms with Crippen LogP contribution in [0, 0.1) is 5.92 Å². The van der Waals surface area contributed by atoms with E-state index in [9.17, 15) is 0 Å². The summed E-state index contributed by atoms with van der Waals surface area (Å²) in [5.74, 6) is 2.46. The van der Waals surface area contributed by atoms with Gasteiger partial charge < -0.3 is 0 Å². The molecule has 0 aromatic heterocycles. The van der Waals surface area contributed by atoms with Gasteiger partial charge in [0.1, 0.15) is 0 Å². The van der Waals surface area contributed by atoms with Crippen LogP contribution < -0.4 is 0 Å². The average molecular weight is 202 g/mol. The van der Waals surface area contributed by atoms with Gasteiger partial charge in [-0.2, -0.15) is 0 Å². The minimum Gasteiger partial charge on any atom is -0.144 e. The molecular formula is C10H18S2. The van der Waals surface area contributed by atoms with Crippen LogP contribution in [0.4, 0.5) is 0 Å². The second-order valence-electron chi connectivity index (χ2n) is 4.41. The topological polar surface area (TPSA) is 0 Å². The summed E-state index contributed by atoms with van der Waals surface area (Å²) in [7, 11) is 0. The summed E-state index contributed by atoms with van der Waals surface area (Å²) >= 11 is 4.40. The maximum Gasteiger partial charge on any atom is 0.0558 e. The molecule has 12 heavy (non-hydrogen) atoms. The van der Waals surface area contributed by atoms with Crippen LogP contribution in [0.25, 0.3) is 0 Å². The normalized spacial score (nSPS) is 40.5. The molecule has 0 radical (unpaired) electrons. The van der Waals surface area contributed by atoms with Crippen LogP contribution in [0.1, 0.15) is 39.5 Å². The Balaban J connectivity index is 1.99. The first-order valence-electron chi connectivity index (χ1n) is 4.99. The highest BCUT2D eigenvalue weighted by Crippen LogP contribution is 2.51. The Bertz CT molecular complexity index is 165. The highest BCUT2D eigenvalue weighted by atomic mass is 32.2. The largest absolute Gasteiger partial charge is 0.144 e. The molecule has 0 bridgehead atoms. The monoisotopic (exact) mass is 202 g/mol. The van der Waals surface area contributed by atoms with E-state index < -0.39 is 0 Å². The molecule has 0 spiro atoms. The second-order valence-corrected chi connectivity index (χ2v) is 8.17. The van der Waals surface area contributed by atoms with E-state index >= 15 is 0 Å². The van der Waals surface area contributed by atoms with Crippen molar-refractivity contribution in [2.24, 2.45) is 5.92 Å². The summed E-state index contributed by atoms with van der Waals surface area (Å²) in [6, 6.07) is 0. The van der Waals surface area contributed by atoms with Crippen molar-refractivity contribution in [2.75, 3.05) is 5.75 Å². The molecule has 70 valence electrons. The lowest BCUT2D eigenvalue weighted by molar-refractivity contribution is 0.399. The molecule has 2 aliphatic rings. The van der Waals surface area contributed by atoms with Crippen LogP contribution in [0.5, 0.6) is 0 Å². The molecule has 1 saturated heterocycles. The van der Waals surface area contributed by atoms with E-state index in [4.69, 9.17) is 0 Å². The van der Waals surface area contributed by atoms with Gasteiger partial charge in [0, 0.05) is 5.25 Å². The lowest BCUT2D eigenvalue weighted by Crippen LogP contribution is -2.33. The molecule has 0 nitrogen and oxygen atoms in total. The third-order valence-electron chi connectivity index (χ3n) is 2.92. The van der Waals surface area contributed by atoms with E-state index in [1.807, 2.05) is 0 Å². The molecule has 0 N–H and O–H groups in total. The molecular weight excluding hydrogens is 184 g/mol. The van der Waals surface area contributed by atoms with Crippen molar-refractivity contribution in [3.05, 3.63) is 0 Å². The van der Waals surface area contributed by atoms with E-state index in [2.05, 4.69) is 37.4 Å². The lowest BCUT2D eigenvalue weighted by Gasteiger charge is -2.42. The van der Waals surface area contributed by atoms with E-state index in [1.54, 1.807) is 0 Å². The average Bonchev–Trinajstić information content (AvgIpc) is 2.02. The Kier molecular flexibility index (Phi) is 2.66. The maximum atomic E-state index is 2.38. The molecule has 2 atom stereocenters. The van der Waals surface area contributed by atoms with E-state index in [-0.39, 0.29) is 0 Å². The molecule has 2 rings (SSSR count). The molecule has 1 heterocycles. The van der Waals surface area contributed by atoms with Crippen molar-refractivity contribution < 1.29 is 0 Å². The zero-order valence-corrected chi connectivity index (χ0v) is 9.64. The molecule has 2 heteroatoms. The number of hydrogen-bond donors (Lipinski definition) is 0. The van der Waals surface area contributed by atoms with Gasteiger partial charge in [0.15, 0.2) is 0 Å². The Morgan fingerprint density at radius 1 is 1.17 bits per heavy atom. The number of rotatable bonds is 0. The van der Waals surface area contributed by atoms with Gasteiger partial charge in [0.2, 0.25) is 0 Å². The van der Waals surface area contributed by atoms with Crippen molar-refractivity contribution in [3.63, 3.8) is 0 Å². The van der Waals surface area contributed by atoms with Crippen LogP contribution in [0.15, 0.2) is 0 Å². The van der Waals surface area contributed by atoms with Crippen LogP contribution in [-0.2, 0) is 0 Å². The Hall–Kier alpha value is 0.700. The number of hydrogen-bond acceptors (Lipinski definition) is 2. The standard InChI is InChI=1S/C10H18S2/c1-10(2)11-7-8-5-3-4-6-9(8)12-10/h8-9H,3-7H2,1-2H3/t8-,9+/m1/s1. The van der Waals surface area contributed by atoms with Crippen LogP contribution in [-0.4, -0.2) is 15.1 Å². The van der Waals surface area contributed by atoms with Gasteiger partial charge in [-0.1, -0.05) is 12.8 Å². The van der Waals surface area contributed by atoms with Crippen molar-refractivity contribution in [1.82, 2.24) is 0 Å². The zero-order chi connectivity index (χ0) is 8.60.